The molecule has 2 aliphatic carbocycles. The molecule has 10 nitrogen and oxygen atoms in total. The molecule has 1 amide bonds. The number of ether oxygens (including phenoxy) is 4. The first-order chi connectivity index (χ1) is 26.1. The lowest BCUT2D eigenvalue weighted by Gasteiger charge is -2.26. The van der Waals surface area contributed by atoms with E-state index in [1.54, 1.807) is 0 Å². The maximum Gasteiger partial charge on any atom is 0.311 e. The van der Waals surface area contributed by atoms with Gasteiger partial charge in [0.2, 0.25) is 5.91 Å². The van der Waals surface area contributed by atoms with Crippen LogP contribution in [0.3, 0.4) is 0 Å². The fourth-order valence-corrected chi connectivity index (χ4v) is 4.44. The second-order valence-corrected chi connectivity index (χ2v) is 23.9. The molecule has 374 valence electrons. The Labute approximate surface area is 385 Å². The second kappa shape index (κ2) is 30.5. The van der Waals surface area contributed by atoms with Crippen LogP contribution in [0, 0.1) is 32.5 Å². The van der Waals surface area contributed by atoms with E-state index >= 15 is 0 Å². The van der Waals surface area contributed by atoms with Crippen molar-refractivity contribution in [1.82, 2.24) is 5.32 Å². The summed E-state index contributed by atoms with van der Waals surface area (Å²) in [4.78, 5) is 56.7. The minimum atomic E-state index is -0.384. The molecule has 0 aromatic carbocycles. The van der Waals surface area contributed by atoms with Gasteiger partial charge >= 0.3 is 23.9 Å². The molecule has 2 fully saturated rings. The molecular formula is C52H107NO9. The highest BCUT2D eigenvalue weighted by molar-refractivity contribution is 5.82. The normalized spacial score (nSPS) is 15.0. The van der Waals surface area contributed by atoms with Crippen LogP contribution in [-0.2, 0) is 42.9 Å². The van der Waals surface area contributed by atoms with Crippen molar-refractivity contribution < 1.29 is 42.9 Å². The predicted molar refractivity (Wildman–Crippen MR) is 263 cm³/mol. The summed E-state index contributed by atoms with van der Waals surface area (Å²) < 4.78 is 20.9. The summed E-state index contributed by atoms with van der Waals surface area (Å²) in [6, 6.07) is 0. The van der Waals surface area contributed by atoms with Crippen LogP contribution in [-0.4, -0.2) is 60.2 Å². The maximum atomic E-state index is 11.5. The van der Waals surface area contributed by atoms with E-state index in [-0.39, 0.29) is 108 Å². The molecule has 0 aromatic heterocycles. The average Bonchev–Trinajstić information content (AvgIpc) is 3.02. The van der Waals surface area contributed by atoms with Crippen molar-refractivity contribution in [2.45, 2.75) is 270 Å². The molecule has 0 aliphatic heterocycles. The second-order valence-electron chi connectivity index (χ2n) is 23.9. The third kappa shape index (κ3) is 41.4. The number of nitrogens with one attached hydrogen (secondary N) is 1. The number of hydrogen-bond acceptors (Lipinski definition) is 9. The van der Waals surface area contributed by atoms with Crippen molar-refractivity contribution in [2.24, 2.45) is 32.5 Å². The topological polar surface area (TPSA) is 134 Å². The third-order valence-corrected chi connectivity index (χ3v) is 8.25. The molecule has 2 saturated carbocycles. The lowest BCUT2D eigenvalue weighted by molar-refractivity contribution is -0.160. The number of carbonyl (C=O) groups is 5. The Bertz CT molecular complexity index is 1180. The third-order valence-electron chi connectivity index (χ3n) is 8.25. The van der Waals surface area contributed by atoms with E-state index in [2.05, 4.69) is 5.32 Å². The molecule has 0 heterocycles. The van der Waals surface area contributed by atoms with Gasteiger partial charge in [-0.1, -0.05) is 76.7 Å². The number of carbonyl (C=O) groups excluding carboxylic acids is 5. The van der Waals surface area contributed by atoms with Crippen molar-refractivity contribution in [3.05, 3.63) is 0 Å². The summed E-state index contributed by atoms with van der Waals surface area (Å²) >= 11 is 0. The van der Waals surface area contributed by atoms with Gasteiger partial charge in [0.05, 0.1) is 34.4 Å². The summed E-state index contributed by atoms with van der Waals surface area (Å²) in [5.74, 6) is -0.274. The highest BCUT2D eigenvalue weighted by Crippen LogP contribution is 2.26. The highest BCUT2D eigenvalue weighted by Gasteiger charge is 2.29. The molecule has 0 atom stereocenters. The van der Waals surface area contributed by atoms with Gasteiger partial charge in [0.1, 0.15) is 12.2 Å². The molecule has 0 bridgehead atoms. The molecule has 2 rings (SSSR count). The van der Waals surface area contributed by atoms with Crippen molar-refractivity contribution in [2.75, 3.05) is 6.61 Å². The van der Waals surface area contributed by atoms with Crippen molar-refractivity contribution in [3.8, 4) is 0 Å². The Balaban J connectivity index is -0.000000157. The highest BCUT2D eigenvalue weighted by atomic mass is 16.6. The standard InChI is InChI=1S/2C11H20O2.C10H20O2.C9H19NO.C8H16O2.3CH4/c2*1-11(2,3)10(12)13-9-7-5-4-6-8-9;1-9(2,3)7-12-8(11)10(4,5)6;1-8(2,3)7(11)10-9(4,5)6;1-6(2)10-7(9)8(3,4)5;;;/h2*9H,4-8H2,1-3H3;7H2,1-6H3;1-6H3,(H,10,11);6H,1-5H3;3*1H4. The van der Waals surface area contributed by atoms with Gasteiger partial charge < -0.3 is 24.3 Å². The molecule has 2 aliphatic rings. The van der Waals surface area contributed by atoms with Crippen molar-refractivity contribution in [1.29, 1.82) is 0 Å². The molecular weight excluding hydrogens is 783 g/mol. The summed E-state index contributed by atoms with van der Waals surface area (Å²) in [6.07, 6.45) is 12.0. The molecule has 62 heavy (non-hydrogen) atoms. The molecule has 0 spiro atoms. The van der Waals surface area contributed by atoms with E-state index < -0.39 is 0 Å². The fourth-order valence-electron chi connectivity index (χ4n) is 4.44. The molecule has 0 aromatic rings. The van der Waals surface area contributed by atoms with Gasteiger partial charge in [-0.25, -0.2) is 0 Å². The first kappa shape index (κ1) is 71.0. The zero-order chi connectivity index (χ0) is 47.4. The van der Waals surface area contributed by atoms with Crippen LogP contribution in [0.5, 0.6) is 0 Å². The summed E-state index contributed by atoms with van der Waals surface area (Å²) in [6.45, 7) is 44.5. The van der Waals surface area contributed by atoms with Gasteiger partial charge in [0.25, 0.3) is 0 Å². The van der Waals surface area contributed by atoms with E-state index in [4.69, 9.17) is 18.9 Å². The lowest BCUT2D eigenvalue weighted by Crippen LogP contribution is -2.46. The van der Waals surface area contributed by atoms with Gasteiger partial charge in [-0.05, 0) is 174 Å². The lowest BCUT2D eigenvalue weighted by atomic mass is 9.94. The van der Waals surface area contributed by atoms with Crippen LogP contribution in [0.2, 0.25) is 0 Å². The number of hydrogen-bond donors (Lipinski definition) is 1. The summed E-state index contributed by atoms with van der Waals surface area (Å²) in [7, 11) is 0. The minimum Gasteiger partial charge on any atom is -0.465 e. The Morgan fingerprint density at radius 1 is 0.452 bits per heavy atom. The van der Waals surface area contributed by atoms with Crippen molar-refractivity contribution in [3.63, 3.8) is 0 Å². The van der Waals surface area contributed by atoms with Crippen LogP contribution in [0.25, 0.3) is 0 Å². The van der Waals surface area contributed by atoms with Gasteiger partial charge in [0, 0.05) is 11.0 Å². The van der Waals surface area contributed by atoms with E-state index in [1.165, 1.54) is 38.5 Å². The van der Waals surface area contributed by atoms with E-state index in [0.29, 0.717) is 6.61 Å². The van der Waals surface area contributed by atoms with Crippen LogP contribution >= 0.6 is 0 Å². The van der Waals surface area contributed by atoms with E-state index in [0.717, 1.165) is 25.7 Å². The average molecular weight is 890 g/mol. The van der Waals surface area contributed by atoms with Gasteiger partial charge in [-0.15, -0.1) is 0 Å². The molecule has 10 heteroatoms. The minimum absolute atomic E-state index is 0. The first-order valence-corrected chi connectivity index (χ1v) is 22.2. The van der Waals surface area contributed by atoms with E-state index in [9.17, 15) is 24.0 Å². The zero-order valence-corrected chi connectivity index (χ0v) is 42.7. The van der Waals surface area contributed by atoms with Gasteiger partial charge in [-0.2, -0.15) is 0 Å². The van der Waals surface area contributed by atoms with Crippen LogP contribution in [0.4, 0.5) is 0 Å². The predicted octanol–water partition coefficient (Wildman–Crippen LogP) is 14.3. The summed E-state index contributed by atoms with van der Waals surface area (Å²) in [5, 5.41) is 2.92. The number of amides is 1. The molecule has 1 N–H and O–H groups in total. The Kier molecular flexibility index (Phi) is 34.9. The summed E-state index contributed by atoms with van der Waals surface area (Å²) in [5.41, 5.74) is -1.80. The maximum absolute atomic E-state index is 11.5. The SMILES string of the molecule is C.C.C.CC(C)(C)C(=O)OC1CCCCC1.CC(C)(C)C(=O)OC1CCCCC1.CC(C)(C)COC(=O)C(C)(C)C.CC(C)(C)NC(=O)C(C)(C)C.CC(C)OC(=O)C(C)(C)C. The smallest absolute Gasteiger partial charge is 0.311 e. The van der Waals surface area contributed by atoms with Crippen molar-refractivity contribution >= 4 is 29.8 Å². The number of esters is 4. The Morgan fingerprint density at radius 2 is 0.742 bits per heavy atom. The monoisotopic (exact) mass is 890 g/mol. The molecule has 0 saturated heterocycles. The van der Waals surface area contributed by atoms with E-state index in [1.807, 2.05) is 159 Å². The van der Waals surface area contributed by atoms with Crippen LogP contribution in [0.1, 0.15) is 246 Å². The zero-order valence-electron chi connectivity index (χ0n) is 42.7. The van der Waals surface area contributed by atoms with Crippen LogP contribution < -0.4 is 5.32 Å². The fraction of sp³-hybridized carbons (Fsp3) is 0.904. The van der Waals surface area contributed by atoms with Gasteiger partial charge in [-0.3, -0.25) is 24.0 Å². The molecule has 0 unspecified atom stereocenters. The number of rotatable bonds is 4. The Morgan fingerprint density at radius 3 is 0.919 bits per heavy atom. The first-order valence-electron chi connectivity index (χ1n) is 22.2. The Hall–Kier alpha value is -2.65. The van der Waals surface area contributed by atoms with Crippen LogP contribution in [0.15, 0.2) is 0 Å². The van der Waals surface area contributed by atoms with Gasteiger partial charge in [0.15, 0.2) is 0 Å². The quantitative estimate of drug-likeness (QED) is 0.216. The largest absolute Gasteiger partial charge is 0.465 e. The molecule has 0 radical (unpaired) electrons.